The molecule has 0 radical (unpaired) electrons. The van der Waals surface area contributed by atoms with Crippen LogP contribution in [-0.2, 0) is 19.0 Å². The normalized spacial score (nSPS) is 25.7. The van der Waals surface area contributed by atoms with Gasteiger partial charge in [0.05, 0.1) is 0 Å². The third-order valence-corrected chi connectivity index (χ3v) is 1.21. The number of hydrogen-bond acceptors (Lipinski definition) is 5. The summed E-state index contributed by atoms with van der Waals surface area (Å²) < 4.78 is 25.4. The molecule has 0 saturated carbocycles. The lowest BCUT2D eigenvalue weighted by atomic mass is 10.3. The van der Waals surface area contributed by atoms with E-state index in [0.717, 1.165) is 0 Å². The van der Waals surface area contributed by atoms with Gasteiger partial charge in [-0.2, -0.15) is 4.39 Å². The first kappa shape index (κ1) is 9.32. The van der Waals surface area contributed by atoms with E-state index in [1.54, 1.807) is 0 Å². The molecule has 0 bridgehead atoms. The number of alkyl halides is 1. The Morgan fingerprint density at radius 1 is 1.85 bits per heavy atom. The van der Waals surface area contributed by atoms with Crippen molar-refractivity contribution in [3.05, 3.63) is 0 Å². The van der Waals surface area contributed by atoms with Crippen molar-refractivity contribution in [2.75, 3.05) is 13.2 Å². The maximum atomic E-state index is 13.2. The van der Waals surface area contributed by atoms with Crippen molar-refractivity contribution in [1.29, 1.82) is 0 Å². The number of carbonyl (C=O) groups is 2. The zero-order chi connectivity index (χ0) is 9.90. The lowest BCUT2D eigenvalue weighted by Crippen LogP contribution is -2.38. The van der Waals surface area contributed by atoms with Gasteiger partial charge < -0.3 is 14.2 Å². The van der Waals surface area contributed by atoms with Crippen LogP contribution in [0.25, 0.3) is 0 Å². The summed E-state index contributed by atoms with van der Waals surface area (Å²) in [4.78, 5) is 21.1. The van der Waals surface area contributed by atoms with Gasteiger partial charge in [-0.15, -0.1) is 6.42 Å². The molecule has 1 aliphatic heterocycles. The Hall–Kier alpha value is -1.77. The molecular weight excluding hydrogens is 183 g/mol. The number of terminal acetylenes is 1. The number of carbonyl (C=O) groups excluding carboxylic acids is 2. The summed E-state index contributed by atoms with van der Waals surface area (Å²) in [5.74, 6) is -2.26. The molecule has 0 aromatic heterocycles. The van der Waals surface area contributed by atoms with Crippen LogP contribution in [0.1, 0.15) is 0 Å². The summed E-state index contributed by atoms with van der Waals surface area (Å²) in [6.45, 7) is -1.20. The predicted octanol–water partition coefficient (Wildman–Crippen LogP) is -0.00460. The van der Waals surface area contributed by atoms with Gasteiger partial charge in [0.2, 0.25) is 0 Å². The first-order valence-corrected chi connectivity index (χ1v) is 3.24. The van der Waals surface area contributed by atoms with Gasteiger partial charge in [0, 0.05) is 0 Å². The first-order valence-electron chi connectivity index (χ1n) is 3.24. The molecule has 1 rings (SSSR count). The van der Waals surface area contributed by atoms with Crippen molar-refractivity contribution in [3.8, 4) is 12.3 Å². The van der Waals surface area contributed by atoms with Gasteiger partial charge in [-0.3, -0.25) is 0 Å². The monoisotopic (exact) mass is 188 g/mol. The molecule has 1 unspecified atom stereocenters. The van der Waals surface area contributed by atoms with E-state index in [0.29, 0.717) is 0 Å². The molecule has 1 fully saturated rings. The Morgan fingerprint density at radius 2 is 2.54 bits per heavy atom. The highest BCUT2D eigenvalue weighted by Crippen LogP contribution is 2.23. The fraction of sp³-hybridized carbons (Fsp3) is 0.429. The van der Waals surface area contributed by atoms with Crippen LogP contribution < -0.4 is 0 Å². The van der Waals surface area contributed by atoms with Crippen molar-refractivity contribution in [2.45, 2.75) is 5.85 Å². The van der Waals surface area contributed by atoms with E-state index < -0.39 is 24.6 Å². The molecule has 1 heterocycles. The van der Waals surface area contributed by atoms with E-state index in [-0.39, 0.29) is 6.61 Å². The summed E-state index contributed by atoms with van der Waals surface area (Å²) >= 11 is 0. The Labute approximate surface area is 72.8 Å². The number of esters is 1. The number of halogens is 1. The maximum Gasteiger partial charge on any atom is 0.511 e. The second kappa shape index (κ2) is 3.31. The van der Waals surface area contributed by atoms with Gasteiger partial charge in [-0.05, 0) is 0 Å². The fourth-order valence-corrected chi connectivity index (χ4v) is 0.658. The largest absolute Gasteiger partial charge is 0.511 e. The van der Waals surface area contributed by atoms with E-state index in [1.165, 1.54) is 0 Å². The molecule has 0 N–H and O–H groups in total. The van der Waals surface area contributed by atoms with Crippen LogP contribution in [-0.4, -0.2) is 31.2 Å². The highest BCUT2D eigenvalue weighted by molar-refractivity contribution is 5.82. The summed E-state index contributed by atoms with van der Waals surface area (Å²) in [7, 11) is 0. The molecule has 13 heavy (non-hydrogen) atoms. The Morgan fingerprint density at radius 3 is 3.00 bits per heavy atom. The highest BCUT2D eigenvalue weighted by atomic mass is 19.2. The minimum Gasteiger partial charge on any atom is -0.447 e. The zero-order valence-electron chi connectivity index (χ0n) is 6.41. The molecule has 5 nitrogen and oxygen atoms in total. The topological polar surface area (TPSA) is 61.8 Å². The molecule has 0 spiro atoms. The third kappa shape index (κ3) is 1.87. The van der Waals surface area contributed by atoms with Gasteiger partial charge in [0.1, 0.15) is 0 Å². The summed E-state index contributed by atoms with van der Waals surface area (Å²) in [6.07, 6.45) is 3.51. The number of ether oxygens (including phenoxy) is 3. The van der Waals surface area contributed by atoms with Crippen LogP contribution >= 0.6 is 0 Å². The second-order valence-electron chi connectivity index (χ2n) is 2.15. The quantitative estimate of drug-likeness (QED) is 0.450. The van der Waals surface area contributed by atoms with Crippen LogP contribution in [0.4, 0.5) is 9.18 Å². The number of cyclic esters (lactones) is 2. The summed E-state index contributed by atoms with van der Waals surface area (Å²) in [5.41, 5.74) is 0. The van der Waals surface area contributed by atoms with E-state index in [9.17, 15) is 14.0 Å². The molecule has 1 atom stereocenters. The van der Waals surface area contributed by atoms with Crippen molar-refractivity contribution in [1.82, 2.24) is 0 Å². The van der Waals surface area contributed by atoms with Gasteiger partial charge in [0.25, 0.3) is 0 Å². The van der Waals surface area contributed by atoms with Crippen molar-refractivity contribution in [2.24, 2.45) is 0 Å². The average Bonchev–Trinajstić information content (AvgIpc) is 2.43. The fourth-order valence-electron chi connectivity index (χ4n) is 0.658. The predicted molar refractivity (Wildman–Crippen MR) is 36.1 cm³/mol. The molecule has 0 aromatic rings. The molecular formula is C7H5FO5. The van der Waals surface area contributed by atoms with Gasteiger partial charge in [-0.1, -0.05) is 5.92 Å². The number of hydrogen-bond donors (Lipinski definition) is 0. The van der Waals surface area contributed by atoms with Crippen molar-refractivity contribution < 1.29 is 28.2 Å². The Balaban J connectivity index is 2.56. The maximum absolute atomic E-state index is 13.2. The Kier molecular flexibility index (Phi) is 2.37. The molecule has 6 heteroatoms. The van der Waals surface area contributed by atoms with Crippen LogP contribution in [0.5, 0.6) is 0 Å². The van der Waals surface area contributed by atoms with Crippen molar-refractivity contribution in [3.63, 3.8) is 0 Å². The van der Waals surface area contributed by atoms with Crippen LogP contribution in [0.3, 0.4) is 0 Å². The van der Waals surface area contributed by atoms with Crippen LogP contribution in [0.2, 0.25) is 0 Å². The molecule has 0 amide bonds. The van der Waals surface area contributed by atoms with Gasteiger partial charge >= 0.3 is 18.0 Å². The number of rotatable bonds is 2. The van der Waals surface area contributed by atoms with E-state index in [1.807, 2.05) is 5.92 Å². The molecule has 0 aromatic carbocycles. The lowest BCUT2D eigenvalue weighted by molar-refractivity contribution is -0.178. The molecule has 1 saturated heterocycles. The second-order valence-corrected chi connectivity index (χ2v) is 2.15. The van der Waals surface area contributed by atoms with Gasteiger partial charge in [0.15, 0.2) is 13.2 Å². The minimum atomic E-state index is -2.85. The molecule has 0 aliphatic carbocycles. The van der Waals surface area contributed by atoms with E-state index in [4.69, 9.17) is 6.42 Å². The Bertz CT molecular complexity index is 281. The minimum absolute atomic E-state index is 0.387. The third-order valence-electron chi connectivity index (χ3n) is 1.21. The van der Waals surface area contributed by atoms with Crippen LogP contribution in [0.15, 0.2) is 0 Å². The van der Waals surface area contributed by atoms with Crippen molar-refractivity contribution >= 4 is 12.1 Å². The standard InChI is InChI=1S/C7H5FO5/c1-2-3-11-5(9)7(8)4-12-6(10)13-7/h1H,3-4H2. The van der Waals surface area contributed by atoms with E-state index in [2.05, 4.69) is 14.2 Å². The van der Waals surface area contributed by atoms with Crippen LogP contribution in [0, 0.1) is 12.3 Å². The SMILES string of the molecule is C#CCOC(=O)C1(F)COC(=O)O1. The van der Waals surface area contributed by atoms with E-state index >= 15 is 0 Å². The first-order chi connectivity index (χ1) is 6.08. The lowest BCUT2D eigenvalue weighted by Gasteiger charge is -2.11. The zero-order valence-corrected chi connectivity index (χ0v) is 6.41. The smallest absolute Gasteiger partial charge is 0.447 e. The average molecular weight is 188 g/mol. The highest BCUT2D eigenvalue weighted by Gasteiger charge is 2.51. The van der Waals surface area contributed by atoms with Gasteiger partial charge in [-0.25, -0.2) is 9.59 Å². The summed E-state index contributed by atoms with van der Waals surface area (Å²) in [6, 6.07) is 0. The summed E-state index contributed by atoms with van der Waals surface area (Å²) in [5, 5.41) is 0. The molecule has 1 aliphatic rings. The molecule has 70 valence electrons.